The van der Waals surface area contributed by atoms with E-state index < -0.39 is 36.0 Å². The molecule has 0 radical (unpaired) electrons. The Morgan fingerprint density at radius 3 is 2.58 bits per heavy atom. The van der Waals surface area contributed by atoms with Crippen molar-refractivity contribution in [3.05, 3.63) is 66.0 Å². The Hall–Kier alpha value is -3.05. The number of rotatable bonds is 6. The second-order valence-corrected chi connectivity index (χ2v) is 12.9. The van der Waals surface area contributed by atoms with Gasteiger partial charge in [-0.15, -0.1) is 0 Å². The lowest BCUT2D eigenvalue weighted by atomic mass is 9.88. The van der Waals surface area contributed by atoms with E-state index in [1.54, 1.807) is 24.1 Å². The lowest BCUT2D eigenvalue weighted by Gasteiger charge is -2.41. The summed E-state index contributed by atoms with van der Waals surface area (Å²) in [5, 5.41) is 22.1. The Bertz CT molecular complexity index is 1190. The first kappa shape index (κ1) is 34.8. The van der Waals surface area contributed by atoms with Crippen LogP contribution in [0.15, 0.2) is 60.3 Å². The first-order valence-corrected chi connectivity index (χ1v) is 16.3. The molecular formula is C35H51N3O7. The summed E-state index contributed by atoms with van der Waals surface area (Å²) in [5.41, 5.74) is 0.320. The van der Waals surface area contributed by atoms with Crippen molar-refractivity contribution in [2.45, 2.75) is 95.7 Å². The standard InChI is InChI=1S/C35H51N3O7/c1-25(30-10-5-6-17-36-30)8-7-9-26(2)33-27(3)11-12-31(35(4,42)16-13-29(39)24-32(40)45-33)44-34(41)38-20-18-37(19-21-38)28-14-22-43-23-15-28/h5-12,17,25,27-29,31,33,39,42H,13-16,18-24H2,1-4H3/b8-7+,12-11+,26-9+/t25-,27+,29-,31+,33-,35-/m1/s1. The normalized spacial score (nSPS) is 31.5. The van der Waals surface area contributed by atoms with Crippen LogP contribution in [0, 0.1) is 5.92 Å². The van der Waals surface area contributed by atoms with Crippen LogP contribution in [-0.2, 0) is 19.0 Å². The smallest absolute Gasteiger partial charge is 0.410 e. The topological polar surface area (TPSA) is 122 Å². The molecule has 0 spiro atoms. The van der Waals surface area contributed by atoms with E-state index in [0.717, 1.165) is 50.4 Å². The fourth-order valence-electron chi connectivity index (χ4n) is 6.17. The average molecular weight is 626 g/mol. The summed E-state index contributed by atoms with van der Waals surface area (Å²) in [6.07, 6.45) is 10.3. The first-order chi connectivity index (χ1) is 21.5. The molecule has 3 aliphatic heterocycles. The van der Waals surface area contributed by atoms with Gasteiger partial charge < -0.3 is 29.3 Å². The van der Waals surface area contributed by atoms with E-state index in [2.05, 4.69) is 16.8 Å². The predicted octanol–water partition coefficient (Wildman–Crippen LogP) is 4.39. The van der Waals surface area contributed by atoms with Crippen LogP contribution >= 0.6 is 0 Å². The number of aliphatic hydroxyl groups is 2. The summed E-state index contributed by atoms with van der Waals surface area (Å²) < 4.78 is 17.3. The summed E-state index contributed by atoms with van der Waals surface area (Å²) in [7, 11) is 0. The van der Waals surface area contributed by atoms with Gasteiger partial charge in [-0.3, -0.25) is 14.7 Å². The van der Waals surface area contributed by atoms with E-state index in [1.165, 1.54) is 0 Å². The number of nitrogens with zero attached hydrogens (tertiary/aromatic N) is 3. The second-order valence-electron chi connectivity index (χ2n) is 12.9. The minimum atomic E-state index is -1.45. The van der Waals surface area contributed by atoms with Gasteiger partial charge >= 0.3 is 12.1 Å². The van der Waals surface area contributed by atoms with E-state index in [0.29, 0.717) is 19.1 Å². The third-order valence-electron chi connectivity index (χ3n) is 9.19. The molecule has 0 bridgehead atoms. The Balaban J connectivity index is 1.46. The number of amides is 1. The van der Waals surface area contributed by atoms with Gasteiger partial charge in [-0.25, -0.2) is 4.79 Å². The number of hydrogen-bond acceptors (Lipinski definition) is 9. The molecule has 10 heteroatoms. The number of carbonyl (C=O) groups excluding carboxylic acids is 2. The number of piperazine rings is 1. The van der Waals surface area contributed by atoms with Gasteiger partial charge in [0.05, 0.1) is 12.5 Å². The molecule has 1 aromatic heterocycles. The summed E-state index contributed by atoms with van der Waals surface area (Å²) in [5.74, 6) is -0.707. The highest BCUT2D eigenvalue weighted by atomic mass is 16.6. The van der Waals surface area contributed by atoms with Crippen LogP contribution in [0.25, 0.3) is 0 Å². The number of cyclic esters (lactones) is 1. The van der Waals surface area contributed by atoms with Crippen LogP contribution in [0.4, 0.5) is 4.79 Å². The second kappa shape index (κ2) is 16.5. The quantitative estimate of drug-likeness (QED) is 0.269. The molecule has 248 valence electrons. The summed E-state index contributed by atoms with van der Waals surface area (Å²) in [4.78, 5) is 34.7. The third-order valence-corrected chi connectivity index (χ3v) is 9.19. The number of pyridine rings is 1. The number of esters is 1. The van der Waals surface area contributed by atoms with Gasteiger partial charge in [-0.2, -0.15) is 0 Å². The summed E-state index contributed by atoms with van der Waals surface area (Å²) in [6, 6.07) is 6.30. The molecule has 2 N–H and O–H groups in total. The monoisotopic (exact) mass is 625 g/mol. The Morgan fingerprint density at radius 1 is 1.16 bits per heavy atom. The summed E-state index contributed by atoms with van der Waals surface area (Å²) >= 11 is 0. The molecule has 0 unspecified atom stereocenters. The zero-order valence-corrected chi connectivity index (χ0v) is 27.2. The van der Waals surface area contributed by atoms with Crippen LogP contribution in [0.3, 0.4) is 0 Å². The van der Waals surface area contributed by atoms with Crippen LogP contribution in [0.1, 0.15) is 71.4 Å². The number of carbonyl (C=O) groups is 2. The van der Waals surface area contributed by atoms with Gasteiger partial charge in [-0.1, -0.05) is 44.2 Å². The molecule has 0 aliphatic carbocycles. The van der Waals surface area contributed by atoms with E-state index in [4.69, 9.17) is 14.2 Å². The van der Waals surface area contributed by atoms with Crippen LogP contribution < -0.4 is 0 Å². The van der Waals surface area contributed by atoms with Crippen molar-refractivity contribution < 1.29 is 34.0 Å². The van der Waals surface area contributed by atoms with Gasteiger partial charge in [0, 0.05) is 69.2 Å². The van der Waals surface area contributed by atoms with E-state index in [1.807, 2.05) is 56.4 Å². The Labute approximate surface area is 267 Å². The largest absolute Gasteiger partial charge is 0.457 e. The van der Waals surface area contributed by atoms with Gasteiger partial charge in [0.15, 0.2) is 6.10 Å². The highest BCUT2D eigenvalue weighted by molar-refractivity contribution is 5.70. The molecule has 0 aromatic carbocycles. The zero-order valence-electron chi connectivity index (χ0n) is 27.2. The Morgan fingerprint density at radius 2 is 1.89 bits per heavy atom. The molecular weight excluding hydrogens is 574 g/mol. The highest BCUT2D eigenvalue weighted by Gasteiger charge is 2.37. The fraction of sp³-hybridized carbons (Fsp3) is 0.629. The molecule has 1 aromatic rings. The van der Waals surface area contributed by atoms with Crippen molar-refractivity contribution in [2.75, 3.05) is 39.4 Å². The van der Waals surface area contributed by atoms with Crippen molar-refractivity contribution >= 4 is 12.1 Å². The fourth-order valence-corrected chi connectivity index (χ4v) is 6.17. The van der Waals surface area contributed by atoms with Gasteiger partial charge in [0.2, 0.25) is 0 Å². The highest BCUT2D eigenvalue weighted by Crippen LogP contribution is 2.28. The minimum absolute atomic E-state index is 0.101. The Kier molecular flexibility index (Phi) is 12.8. The number of aliphatic hydroxyl groups excluding tert-OH is 1. The molecule has 4 rings (SSSR count). The van der Waals surface area contributed by atoms with Crippen molar-refractivity contribution in [1.29, 1.82) is 0 Å². The molecule has 1 amide bonds. The number of hydrogen-bond donors (Lipinski definition) is 2. The predicted molar refractivity (Wildman–Crippen MR) is 171 cm³/mol. The molecule has 4 heterocycles. The minimum Gasteiger partial charge on any atom is -0.457 e. The van der Waals surface area contributed by atoms with E-state index >= 15 is 0 Å². The lowest BCUT2D eigenvalue weighted by Crippen LogP contribution is -2.54. The van der Waals surface area contributed by atoms with Gasteiger partial charge in [0.25, 0.3) is 0 Å². The number of aromatic nitrogens is 1. The maximum Gasteiger partial charge on any atom is 0.410 e. The molecule has 2 saturated heterocycles. The van der Waals surface area contributed by atoms with Gasteiger partial charge in [-0.05, 0) is 63.3 Å². The van der Waals surface area contributed by atoms with Crippen LogP contribution in [-0.4, -0.2) is 106 Å². The lowest BCUT2D eigenvalue weighted by molar-refractivity contribution is -0.151. The molecule has 3 aliphatic rings. The number of allylic oxidation sites excluding steroid dienone is 3. The zero-order chi connectivity index (χ0) is 32.4. The van der Waals surface area contributed by atoms with Crippen LogP contribution in [0.2, 0.25) is 0 Å². The maximum atomic E-state index is 13.3. The molecule has 6 atom stereocenters. The van der Waals surface area contributed by atoms with Crippen molar-refractivity contribution in [1.82, 2.24) is 14.8 Å². The van der Waals surface area contributed by atoms with E-state index in [9.17, 15) is 19.8 Å². The van der Waals surface area contributed by atoms with Crippen molar-refractivity contribution in [3.63, 3.8) is 0 Å². The first-order valence-electron chi connectivity index (χ1n) is 16.3. The van der Waals surface area contributed by atoms with Crippen LogP contribution in [0.5, 0.6) is 0 Å². The van der Waals surface area contributed by atoms with Crippen molar-refractivity contribution in [2.24, 2.45) is 5.92 Å². The molecule has 45 heavy (non-hydrogen) atoms. The average Bonchev–Trinajstić information content (AvgIpc) is 3.04. The summed E-state index contributed by atoms with van der Waals surface area (Å²) in [6.45, 7) is 11.7. The molecule has 10 nitrogen and oxygen atoms in total. The molecule has 2 fully saturated rings. The number of ether oxygens (including phenoxy) is 3. The third kappa shape index (κ3) is 10.2. The van der Waals surface area contributed by atoms with Gasteiger partial charge in [0.1, 0.15) is 11.7 Å². The maximum absolute atomic E-state index is 13.3. The van der Waals surface area contributed by atoms with Crippen molar-refractivity contribution in [3.8, 4) is 0 Å². The molecule has 0 saturated carbocycles. The SMILES string of the molecule is C/C(=C\C=C\[C@@H](C)c1ccccn1)[C@H]1OC(=O)C[C@H](O)CC[C@@](C)(O)[C@@H](OC(=O)N2CCN(C3CCOCC3)CC2)/C=C/[C@@H]1C. The van der Waals surface area contributed by atoms with E-state index in [-0.39, 0.29) is 31.1 Å².